The molecule has 6 heteroatoms. The van der Waals surface area contributed by atoms with Gasteiger partial charge in [0.15, 0.2) is 0 Å². The highest BCUT2D eigenvalue weighted by Gasteiger charge is 2.24. The average Bonchev–Trinajstić information content (AvgIpc) is 2.67. The summed E-state index contributed by atoms with van der Waals surface area (Å²) in [5.74, 6) is 0.495. The van der Waals surface area contributed by atoms with Gasteiger partial charge in [-0.3, -0.25) is 4.90 Å². The fraction of sp³-hybridized carbons (Fsp3) is 0.667. The molecule has 1 fully saturated rings. The number of nitrogens with one attached hydrogen (secondary N) is 2. The summed E-state index contributed by atoms with van der Waals surface area (Å²) in [6, 6.07) is 10.7. The highest BCUT2D eigenvalue weighted by Crippen LogP contribution is 2.12. The van der Waals surface area contributed by atoms with Crippen molar-refractivity contribution in [1.82, 2.24) is 20.4 Å². The van der Waals surface area contributed by atoms with Crippen LogP contribution in [0.4, 0.5) is 4.79 Å². The molecule has 0 spiro atoms. The predicted molar refractivity (Wildman–Crippen MR) is 110 cm³/mol. The maximum absolute atomic E-state index is 12.1. The van der Waals surface area contributed by atoms with Crippen LogP contribution in [0.3, 0.4) is 0 Å². The molecule has 1 unspecified atom stereocenters. The van der Waals surface area contributed by atoms with Crippen molar-refractivity contribution in [1.29, 1.82) is 0 Å². The van der Waals surface area contributed by atoms with Gasteiger partial charge in [-0.2, -0.15) is 0 Å². The van der Waals surface area contributed by atoms with E-state index in [9.17, 15) is 4.79 Å². The largest absolute Gasteiger partial charge is 0.379 e. The predicted octanol–water partition coefficient (Wildman–Crippen LogP) is 2.16. The first-order chi connectivity index (χ1) is 13.1. The number of carbonyl (C=O) groups excluding carboxylic acids is 1. The fourth-order valence-electron chi connectivity index (χ4n) is 3.48. The second-order valence-corrected chi connectivity index (χ2v) is 7.67. The van der Waals surface area contributed by atoms with Crippen molar-refractivity contribution in [2.24, 2.45) is 5.92 Å². The molecule has 1 aliphatic rings. The zero-order valence-electron chi connectivity index (χ0n) is 17.1. The Morgan fingerprint density at radius 2 is 1.89 bits per heavy atom. The monoisotopic (exact) mass is 376 g/mol. The van der Waals surface area contributed by atoms with Crippen LogP contribution < -0.4 is 10.6 Å². The number of nitrogens with zero attached hydrogens (tertiary/aromatic N) is 2. The normalized spacial score (nSPS) is 16.5. The van der Waals surface area contributed by atoms with Gasteiger partial charge in [0, 0.05) is 38.8 Å². The van der Waals surface area contributed by atoms with Crippen LogP contribution in [0.1, 0.15) is 25.8 Å². The molecule has 1 aromatic rings. The first-order valence-corrected chi connectivity index (χ1v) is 10.1. The molecule has 0 radical (unpaired) electrons. The molecule has 2 amide bonds. The lowest BCUT2D eigenvalue weighted by atomic mass is 10.0. The van der Waals surface area contributed by atoms with E-state index < -0.39 is 0 Å². The molecule has 0 bridgehead atoms. The van der Waals surface area contributed by atoms with Crippen molar-refractivity contribution < 1.29 is 9.53 Å². The van der Waals surface area contributed by atoms with Crippen LogP contribution in [0, 0.1) is 5.92 Å². The molecule has 1 aliphatic heterocycles. The van der Waals surface area contributed by atoms with Gasteiger partial charge < -0.3 is 20.3 Å². The van der Waals surface area contributed by atoms with Crippen LogP contribution in [0.2, 0.25) is 0 Å². The molecule has 1 saturated heterocycles. The lowest BCUT2D eigenvalue weighted by Gasteiger charge is -2.36. The van der Waals surface area contributed by atoms with Crippen molar-refractivity contribution in [2.75, 3.05) is 53.0 Å². The van der Waals surface area contributed by atoms with Gasteiger partial charge in [-0.25, -0.2) is 4.79 Å². The van der Waals surface area contributed by atoms with E-state index in [1.165, 1.54) is 5.56 Å². The van der Waals surface area contributed by atoms with E-state index in [1.54, 1.807) is 0 Å². The van der Waals surface area contributed by atoms with E-state index in [2.05, 4.69) is 65.6 Å². The lowest BCUT2D eigenvalue weighted by molar-refractivity contribution is 0.00720. The molecule has 1 heterocycles. The Morgan fingerprint density at radius 3 is 2.56 bits per heavy atom. The van der Waals surface area contributed by atoms with Crippen LogP contribution in [-0.4, -0.2) is 74.9 Å². The Balaban J connectivity index is 1.59. The second kappa shape index (κ2) is 12.0. The van der Waals surface area contributed by atoms with Crippen molar-refractivity contribution in [3.8, 4) is 0 Å². The number of rotatable bonds is 10. The molecule has 0 aliphatic carbocycles. The summed E-state index contributed by atoms with van der Waals surface area (Å²) >= 11 is 0. The van der Waals surface area contributed by atoms with E-state index >= 15 is 0 Å². The van der Waals surface area contributed by atoms with E-state index in [0.29, 0.717) is 25.0 Å². The number of amides is 2. The number of benzene rings is 1. The highest BCUT2D eigenvalue weighted by atomic mass is 16.5. The number of hydrogen-bond donors (Lipinski definition) is 2. The van der Waals surface area contributed by atoms with Gasteiger partial charge in [-0.1, -0.05) is 44.2 Å². The third-order valence-corrected chi connectivity index (χ3v) is 5.05. The molecule has 1 aromatic carbocycles. The molecule has 1 atom stereocenters. The standard InChI is InChI=1S/C21H36N4O2/c1-18(2)20(25-12-14-27-15-13-25)16-23-21(26)22-10-7-11-24(3)17-19-8-5-4-6-9-19/h4-6,8-9,18,20H,7,10-17H2,1-3H3,(H2,22,23,26). The number of urea groups is 1. The number of hydrogen-bond acceptors (Lipinski definition) is 4. The Morgan fingerprint density at radius 1 is 1.19 bits per heavy atom. The van der Waals surface area contributed by atoms with Gasteiger partial charge in [0.1, 0.15) is 0 Å². The lowest BCUT2D eigenvalue weighted by Crippen LogP contribution is -2.52. The first-order valence-electron chi connectivity index (χ1n) is 10.1. The van der Waals surface area contributed by atoms with Crippen LogP contribution in [0.5, 0.6) is 0 Å². The van der Waals surface area contributed by atoms with E-state index in [0.717, 1.165) is 45.8 Å². The SMILES string of the molecule is CC(C)C(CNC(=O)NCCCN(C)Cc1ccccc1)N1CCOCC1. The van der Waals surface area contributed by atoms with Gasteiger partial charge in [-0.15, -0.1) is 0 Å². The molecule has 2 N–H and O–H groups in total. The van der Waals surface area contributed by atoms with Crippen molar-refractivity contribution in [3.05, 3.63) is 35.9 Å². The molecule has 152 valence electrons. The van der Waals surface area contributed by atoms with Crippen molar-refractivity contribution in [2.45, 2.75) is 32.9 Å². The maximum Gasteiger partial charge on any atom is 0.314 e. The zero-order valence-corrected chi connectivity index (χ0v) is 17.1. The fourth-order valence-corrected chi connectivity index (χ4v) is 3.48. The average molecular weight is 377 g/mol. The summed E-state index contributed by atoms with van der Waals surface area (Å²) in [4.78, 5) is 16.8. The van der Waals surface area contributed by atoms with E-state index in [-0.39, 0.29) is 6.03 Å². The topological polar surface area (TPSA) is 56.8 Å². The van der Waals surface area contributed by atoms with Crippen molar-refractivity contribution >= 4 is 6.03 Å². The van der Waals surface area contributed by atoms with Crippen LogP contribution in [0.15, 0.2) is 30.3 Å². The van der Waals surface area contributed by atoms with Gasteiger partial charge in [0.05, 0.1) is 13.2 Å². The van der Waals surface area contributed by atoms with Crippen LogP contribution in [-0.2, 0) is 11.3 Å². The Kier molecular flexibility index (Phi) is 9.59. The Hall–Kier alpha value is -1.63. The maximum atomic E-state index is 12.1. The number of carbonyl (C=O) groups is 1. The van der Waals surface area contributed by atoms with Gasteiger partial charge >= 0.3 is 6.03 Å². The zero-order chi connectivity index (χ0) is 19.5. The third-order valence-electron chi connectivity index (χ3n) is 5.05. The van der Waals surface area contributed by atoms with Gasteiger partial charge in [0.2, 0.25) is 0 Å². The summed E-state index contributed by atoms with van der Waals surface area (Å²) < 4.78 is 5.43. The molecule has 27 heavy (non-hydrogen) atoms. The first kappa shape index (κ1) is 21.7. The minimum atomic E-state index is -0.0698. The number of ether oxygens (including phenoxy) is 1. The summed E-state index contributed by atoms with van der Waals surface area (Å²) in [7, 11) is 2.11. The second-order valence-electron chi connectivity index (χ2n) is 7.67. The minimum Gasteiger partial charge on any atom is -0.379 e. The van der Waals surface area contributed by atoms with Crippen molar-refractivity contribution in [3.63, 3.8) is 0 Å². The minimum absolute atomic E-state index is 0.0698. The molecule has 2 rings (SSSR count). The highest BCUT2D eigenvalue weighted by molar-refractivity contribution is 5.73. The Bertz CT molecular complexity index is 532. The summed E-state index contributed by atoms with van der Waals surface area (Å²) in [5, 5.41) is 6.02. The summed E-state index contributed by atoms with van der Waals surface area (Å²) in [6.45, 7) is 11.1. The van der Waals surface area contributed by atoms with E-state index in [4.69, 9.17) is 4.74 Å². The molecule has 0 saturated carbocycles. The molecular weight excluding hydrogens is 340 g/mol. The third kappa shape index (κ3) is 8.28. The Labute approximate surface area is 164 Å². The van der Waals surface area contributed by atoms with Gasteiger partial charge in [-0.05, 0) is 31.5 Å². The smallest absolute Gasteiger partial charge is 0.314 e. The quantitative estimate of drug-likeness (QED) is 0.615. The van der Waals surface area contributed by atoms with Crippen LogP contribution >= 0.6 is 0 Å². The van der Waals surface area contributed by atoms with Gasteiger partial charge in [0.25, 0.3) is 0 Å². The molecule has 6 nitrogen and oxygen atoms in total. The van der Waals surface area contributed by atoms with E-state index in [1.807, 2.05) is 6.07 Å². The summed E-state index contributed by atoms with van der Waals surface area (Å²) in [6.07, 6.45) is 0.938. The molecule has 0 aromatic heterocycles. The van der Waals surface area contributed by atoms with Crippen LogP contribution in [0.25, 0.3) is 0 Å². The summed E-state index contributed by atoms with van der Waals surface area (Å²) in [5.41, 5.74) is 1.31. The number of morpholine rings is 1. The molecular formula is C21H36N4O2.